The Bertz CT molecular complexity index is 1050. The number of alkyl halides is 9. The summed E-state index contributed by atoms with van der Waals surface area (Å²) in [5.74, 6) is 0.859. The highest BCUT2D eigenvalue weighted by Crippen LogP contribution is 2.60. The van der Waals surface area contributed by atoms with Crippen LogP contribution in [0.1, 0.15) is 104 Å². The second-order valence-corrected chi connectivity index (χ2v) is 13.1. The molecule has 0 radical (unpaired) electrons. The summed E-state index contributed by atoms with van der Waals surface area (Å²) in [5.41, 5.74) is -7.02. The maximum absolute atomic E-state index is 13.3. The van der Waals surface area contributed by atoms with Crippen LogP contribution in [-0.2, 0) is 14.9 Å². The fraction of sp³-hybridized carbons (Fsp3) is 0.774. The molecule has 0 saturated heterocycles. The molecule has 240 valence electrons. The first-order chi connectivity index (χ1) is 19.0. The molecule has 42 heavy (non-hydrogen) atoms. The van der Waals surface area contributed by atoms with Gasteiger partial charge in [0.05, 0.1) is 0 Å². The molecule has 0 spiro atoms. The van der Waals surface area contributed by atoms with Gasteiger partial charge in [0.2, 0.25) is 0 Å². The highest BCUT2D eigenvalue weighted by atomic mass is 19.4. The number of ether oxygens (including phenoxy) is 1. The normalized spacial score (nSPS) is 29.8. The van der Waals surface area contributed by atoms with Crippen LogP contribution in [-0.4, -0.2) is 30.1 Å². The molecule has 5 rings (SSSR count). The Labute approximate surface area is 241 Å². The third kappa shape index (κ3) is 6.04. The van der Waals surface area contributed by atoms with Crippen molar-refractivity contribution in [2.45, 2.75) is 122 Å². The fourth-order valence-electron chi connectivity index (χ4n) is 6.93. The molecule has 4 aliphatic rings. The molecule has 0 heterocycles. The number of carbonyl (C=O) groups is 1. The van der Waals surface area contributed by atoms with E-state index in [-0.39, 0.29) is 31.1 Å². The van der Waals surface area contributed by atoms with Crippen LogP contribution in [0.15, 0.2) is 24.3 Å². The van der Waals surface area contributed by atoms with E-state index in [0.717, 1.165) is 56.7 Å². The smallest absolute Gasteiger partial charge is 0.406 e. The van der Waals surface area contributed by atoms with Crippen molar-refractivity contribution in [3.8, 4) is 0 Å². The van der Waals surface area contributed by atoms with Gasteiger partial charge in [-0.25, -0.2) is 0 Å². The number of esters is 1. The predicted molar refractivity (Wildman–Crippen MR) is 141 cm³/mol. The molecule has 2 unspecified atom stereocenters. The van der Waals surface area contributed by atoms with E-state index in [1.165, 1.54) is 25.5 Å². The Morgan fingerprint density at radius 1 is 0.810 bits per heavy atom. The second-order valence-electron chi connectivity index (χ2n) is 13.1. The number of halogens is 9. The Kier molecular flexibility index (Phi) is 9.48. The largest absolute Gasteiger partial charge is 0.458 e. The first kappa shape index (κ1) is 34.5. The van der Waals surface area contributed by atoms with E-state index in [9.17, 15) is 44.3 Å². The molecule has 4 saturated carbocycles. The Morgan fingerprint density at radius 2 is 1.24 bits per heavy atom. The molecule has 0 amide bonds. The van der Waals surface area contributed by atoms with Gasteiger partial charge in [-0.15, -0.1) is 0 Å². The highest BCUT2D eigenvalue weighted by molar-refractivity contribution is 5.78. The lowest BCUT2D eigenvalue weighted by molar-refractivity contribution is -0.297. The van der Waals surface area contributed by atoms with Gasteiger partial charge in [0.1, 0.15) is 5.60 Å². The molecule has 2 nitrogen and oxygen atoms in total. The van der Waals surface area contributed by atoms with E-state index in [4.69, 9.17) is 4.74 Å². The van der Waals surface area contributed by atoms with Crippen molar-refractivity contribution in [2.75, 3.05) is 0 Å². The second kappa shape index (κ2) is 11.5. The van der Waals surface area contributed by atoms with Crippen molar-refractivity contribution in [1.29, 1.82) is 0 Å². The van der Waals surface area contributed by atoms with E-state index in [1.54, 1.807) is 0 Å². The summed E-state index contributed by atoms with van der Waals surface area (Å²) in [6.07, 6.45) is -9.62. The van der Waals surface area contributed by atoms with E-state index < -0.39 is 46.5 Å². The summed E-state index contributed by atoms with van der Waals surface area (Å²) in [7, 11) is 0. The lowest BCUT2D eigenvalue weighted by Gasteiger charge is -2.59. The first-order valence-electron chi connectivity index (χ1n) is 14.6. The van der Waals surface area contributed by atoms with Crippen molar-refractivity contribution < 1.29 is 49.0 Å². The van der Waals surface area contributed by atoms with Crippen LogP contribution in [0.3, 0.4) is 0 Å². The van der Waals surface area contributed by atoms with Gasteiger partial charge in [-0.1, -0.05) is 45.0 Å². The minimum absolute atomic E-state index is 0.0899. The minimum Gasteiger partial charge on any atom is -0.458 e. The number of rotatable bonds is 6. The predicted octanol–water partition coefficient (Wildman–Crippen LogP) is 10.3. The fourth-order valence-corrected chi connectivity index (χ4v) is 6.93. The quantitative estimate of drug-likeness (QED) is 0.235. The molecule has 1 aromatic carbocycles. The lowest BCUT2D eigenvalue weighted by atomic mass is 9.50. The molecule has 0 N–H and O–H groups in total. The van der Waals surface area contributed by atoms with Gasteiger partial charge in [0.25, 0.3) is 0 Å². The van der Waals surface area contributed by atoms with Crippen molar-refractivity contribution >= 4 is 5.97 Å². The average molecular weight is 617 g/mol. The average Bonchev–Trinajstić information content (AvgIpc) is 2.88. The van der Waals surface area contributed by atoms with E-state index in [0.29, 0.717) is 11.8 Å². The highest BCUT2D eigenvalue weighted by Gasteiger charge is 2.68. The summed E-state index contributed by atoms with van der Waals surface area (Å²) in [4.78, 5) is 12.4. The Balaban J connectivity index is 0.000000232. The minimum atomic E-state index is -5.40. The summed E-state index contributed by atoms with van der Waals surface area (Å²) in [5, 5.41) is 0. The van der Waals surface area contributed by atoms with Crippen LogP contribution in [0, 0.1) is 29.1 Å². The third-order valence-corrected chi connectivity index (χ3v) is 10.7. The number of hydrogen-bond acceptors (Lipinski definition) is 2. The van der Waals surface area contributed by atoms with Crippen LogP contribution < -0.4 is 0 Å². The summed E-state index contributed by atoms with van der Waals surface area (Å²) in [6.45, 7) is 8.17. The van der Waals surface area contributed by atoms with Gasteiger partial charge in [-0.3, -0.25) is 4.79 Å². The molecule has 4 fully saturated rings. The van der Waals surface area contributed by atoms with Gasteiger partial charge in [-0.05, 0) is 106 Å². The standard InChI is InChI=1S/C17H25F3O2.C14H16F6/c1-4-15(2,17(18,19)20)14(21)22-16(3)12-6-10-5-11(8-12)9-13(16)7-10;1-4-9(2)10-5-7-11(8-6-10)12(3,13(15,16)17)14(18,19)20/h10-13H,4-9H2,1-3H3;5-9H,4H2,1-3H3. The molecule has 1 aromatic rings. The van der Waals surface area contributed by atoms with Crippen molar-refractivity contribution in [3.05, 3.63) is 35.4 Å². The number of hydrogen-bond donors (Lipinski definition) is 0. The van der Waals surface area contributed by atoms with E-state index in [2.05, 4.69) is 0 Å². The molecular weight excluding hydrogens is 575 g/mol. The van der Waals surface area contributed by atoms with Gasteiger partial charge >= 0.3 is 24.5 Å². The molecule has 11 heteroatoms. The van der Waals surface area contributed by atoms with Crippen LogP contribution in [0.5, 0.6) is 0 Å². The van der Waals surface area contributed by atoms with Crippen LogP contribution in [0.4, 0.5) is 39.5 Å². The zero-order chi connectivity index (χ0) is 32.1. The lowest BCUT2D eigenvalue weighted by Crippen LogP contribution is -2.59. The summed E-state index contributed by atoms with van der Waals surface area (Å²) in [6, 6.07) is 4.50. The Hall–Kier alpha value is -1.94. The monoisotopic (exact) mass is 616 g/mol. The van der Waals surface area contributed by atoms with Crippen LogP contribution in [0.25, 0.3) is 0 Å². The maximum atomic E-state index is 13.3. The molecule has 0 aromatic heterocycles. The molecule has 2 atom stereocenters. The zero-order valence-corrected chi connectivity index (χ0v) is 24.9. The third-order valence-electron chi connectivity index (χ3n) is 10.7. The molecule has 4 aliphatic carbocycles. The van der Waals surface area contributed by atoms with Gasteiger partial charge in [-0.2, -0.15) is 39.5 Å². The number of benzene rings is 1. The van der Waals surface area contributed by atoms with E-state index in [1.807, 2.05) is 20.8 Å². The van der Waals surface area contributed by atoms with Crippen molar-refractivity contribution in [3.63, 3.8) is 0 Å². The van der Waals surface area contributed by atoms with Gasteiger partial charge in [0, 0.05) is 0 Å². The number of carbonyl (C=O) groups excluding carboxylic acids is 1. The first-order valence-corrected chi connectivity index (χ1v) is 14.6. The van der Waals surface area contributed by atoms with Crippen molar-refractivity contribution in [1.82, 2.24) is 0 Å². The molecule has 0 aliphatic heterocycles. The van der Waals surface area contributed by atoms with Gasteiger partial charge in [0.15, 0.2) is 10.8 Å². The summed E-state index contributed by atoms with van der Waals surface area (Å²) < 4.78 is 123. The SMILES string of the molecule is CCC(C)(C(=O)OC1(C)C2CC3CC(C2)CC1C3)C(F)(F)F.CCC(C)c1ccc(C(C)(C(F)(F)F)C(F)(F)F)cc1. The van der Waals surface area contributed by atoms with Crippen LogP contribution >= 0.6 is 0 Å². The topological polar surface area (TPSA) is 26.3 Å². The van der Waals surface area contributed by atoms with E-state index >= 15 is 0 Å². The van der Waals surface area contributed by atoms with Gasteiger partial charge < -0.3 is 4.74 Å². The van der Waals surface area contributed by atoms with Crippen molar-refractivity contribution in [2.24, 2.45) is 29.1 Å². The molecular formula is C31H41F9O2. The zero-order valence-electron chi connectivity index (χ0n) is 24.9. The van der Waals surface area contributed by atoms with Crippen LogP contribution in [0.2, 0.25) is 0 Å². The molecule has 4 bridgehead atoms. The summed E-state index contributed by atoms with van der Waals surface area (Å²) >= 11 is 0. The maximum Gasteiger partial charge on any atom is 0.406 e. The Morgan fingerprint density at radius 3 is 1.57 bits per heavy atom.